The Hall–Kier alpha value is -0.0200. The molecule has 1 rings (SSSR count). The van der Waals surface area contributed by atoms with Gasteiger partial charge in [-0.25, -0.2) is 8.42 Å². The van der Waals surface area contributed by atoms with Crippen molar-refractivity contribution in [1.82, 2.24) is 0 Å². The van der Waals surface area contributed by atoms with Crippen LogP contribution < -0.4 is 0 Å². The quantitative estimate of drug-likeness (QED) is 0.422. The lowest BCUT2D eigenvalue weighted by molar-refractivity contribution is 0.603. The summed E-state index contributed by atoms with van der Waals surface area (Å²) in [6.45, 7) is 0. The minimum Gasteiger partial charge on any atom is -0.228 e. The number of sulfone groups is 1. The van der Waals surface area contributed by atoms with E-state index in [2.05, 4.69) is 0 Å². The topological polar surface area (TPSA) is 34.1 Å². The molecule has 0 aromatic rings. The predicted molar refractivity (Wildman–Crippen MR) is 37.5 cm³/mol. The molecule has 1 heterocycles. The van der Waals surface area contributed by atoms with Crippen molar-refractivity contribution in [2.45, 2.75) is 0 Å². The van der Waals surface area contributed by atoms with Crippen LogP contribution in [0.15, 0.2) is 11.6 Å². The van der Waals surface area contributed by atoms with Crippen LogP contribution in [-0.2, 0) is 9.84 Å². The first-order valence-corrected chi connectivity index (χ1v) is 4.94. The van der Waals surface area contributed by atoms with Crippen LogP contribution in [0.1, 0.15) is 0 Å². The Kier molecular flexibility index (Phi) is 1.82. The predicted octanol–water partition coefficient (Wildman–Crippen LogP) is 0.580. The Bertz CT molecular complexity index is 227. The molecule has 0 fully saturated rings. The molecule has 0 saturated carbocycles. The van der Waals surface area contributed by atoms with Gasteiger partial charge in [-0.15, -0.1) is 11.6 Å². The third kappa shape index (κ3) is 1.69. The van der Waals surface area contributed by atoms with Gasteiger partial charge in [0.2, 0.25) is 0 Å². The smallest absolute Gasteiger partial charge is 0.157 e. The fourth-order valence-electron chi connectivity index (χ4n) is 0.738. The lowest BCUT2D eigenvalue weighted by Crippen LogP contribution is -2.02. The maximum atomic E-state index is 10.7. The second-order valence-corrected chi connectivity index (χ2v) is 4.43. The second kappa shape index (κ2) is 2.31. The first kappa shape index (κ1) is 7.09. The molecule has 0 N–H and O–H groups in total. The molecule has 4 heteroatoms. The molecule has 0 aliphatic carbocycles. The summed E-state index contributed by atoms with van der Waals surface area (Å²) in [5.74, 6) is 0.685. The Morgan fingerprint density at radius 2 is 2.33 bits per heavy atom. The molecule has 0 saturated heterocycles. The molecule has 0 amide bonds. The third-order valence-electron chi connectivity index (χ3n) is 1.20. The average molecular weight is 167 g/mol. The number of rotatable bonds is 1. The van der Waals surface area contributed by atoms with Gasteiger partial charge in [-0.2, -0.15) is 0 Å². The second-order valence-electron chi connectivity index (χ2n) is 2.05. The van der Waals surface area contributed by atoms with Crippen LogP contribution in [0.5, 0.6) is 0 Å². The number of hydrogen-bond donors (Lipinski definition) is 0. The molecule has 0 atom stereocenters. The van der Waals surface area contributed by atoms with Crippen molar-refractivity contribution in [2.75, 3.05) is 17.4 Å². The number of halogens is 1. The van der Waals surface area contributed by atoms with Crippen molar-refractivity contribution in [3.05, 3.63) is 11.6 Å². The van der Waals surface area contributed by atoms with Gasteiger partial charge < -0.3 is 0 Å². The van der Waals surface area contributed by atoms with E-state index in [1.807, 2.05) is 0 Å². The zero-order valence-electron chi connectivity index (χ0n) is 4.80. The lowest BCUT2D eigenvalue weighted by Gasteiger charge is -1.89. The van der Waals surface area contributed by atoms with Crippen LogP contribution in [0.25, 0.3) is 0 Å². The fourth-order valence-corrected chi connectivity index (χ4v) is 2.45. The molecule has 2 nitrogen and oxygen atoms in total. The van der Waals surface area contributed by atoms with Gasteiger partial charge in [0, 0.05) is 5.88 Å². The first-order chi connectivity index (χ1) is 4.14. The normalized spacial score (nSPS) is 23.9. The molecule has 0 bridgehead atoms. The maximum Gasteiger partial charge on any atom is 0.157 e. The molecule has 0 unspecified atom stereocenters. The Morgan fingerprint density at radius 1 is 1.67 bits per heavy atom. The number of alkyl halides is 1. The molecule has 0 aromatic heterocycles. The van der Waals surface area contributed by atoms with E-state index in [4.69, 9.17) is 11.6 Å². The molecule has 52 valence electrons. The molecule has 1 aliphatic rings. The zero-order chi connectivity index (χ0) is 6.91. The minimum atomic E-state index is -2.78. The summed E-state index contributed by atoms with van der Waals surface area (Å²) in [4.78, 5) is 0. The highest BCUT2D eigenvalue weighted by atomic mass is 35.5. The molecule has 1 aliphatic heterocycles. The summed E-state index contributed by atoms with van der Waals surface area (Å²) in [5, 5.41) is 0. The molecule has 9 heavy (non-hydrogen) atoms. The van der Waals surface area contributed by atoms with Crippen molar-refractivity contribution in [2.24, 2.45) is 0 Å². The van der Waals surface area contributed by atoms with Gasteiger partial charge in [0.05, 0.1) is 11.5 Å². The van der Waals surface area contributed by atoms with E-state index in [1.165, 1.54) is 0 Å². The van der Waals surface area contributed by atoms with Gasteiger partial charge in [0.15, 0.2) is 9.84 Å². The minimum absolute atomic E-state index is 0.163. The zero-order valence-corrected chi connectivity index (χ0v) is 6.37. The molecule has 0 spiro atoms. The van der Waals surface area contributed by atoms with Gasteiger partial charge in [0.1, 0.15) is 0 Å². The van der Waals surface area contributed by atoms with Crippen LogP contribution in [0.2, 0.25) is 0 Å². The monoisotopic (exact) mass is 166 g/mol. The first-order valence-electron chi connectivity index (χ1n) is 2.58. The van der Waals surface area contributed by atoms with Crippen molar-refractivity contribution in [1.29, 1.82) is 0 Å². The standard InChI is InChI=1S/C5H7ClO2S/c6-3-5-1-2-9(7,8)4-5/h1H,2-4H2. The van der Waals surface area contributed by atoms with Crippen molar-refractivity contribution in [3.8, 4) is 0 Å². The lowest BCUT2D eigenvalue weighted by atomic mass is 10.3. The van der Waals surface area contributed by atoms with Gasteiger partial charge in [-0.05, 0) is 5.57 Å². The highest BCUT2D eigenvalue weighted by Crippen LogP contribution is 2.11. The highest BCUT2D eigenvalue weighted by Gasteiger charge is 2.18. The Morgan fingerprint density at radius 3 is 2.56 bits per heavy atom. The van der Waals surface area contributed by atoms with Crippen LogP contribution in [0.3, 0.4) is 0 Å². The summed E-state index contributed by atoms with van der Waals surface area (Å²) in [7, 11) is -2.78. The summed E-state index contributed by atoms with van der Waals surface area (Å²) >= 11 is 5.40. The maximum absolute atomic E-state index is 10.7. The summed E-state index contributed by atoms with van der Waals surface area (Å²) in [6.07, 6.45) is 1.68. The Balaban J connectivity index is 2.71. The molecule has 0 radical (unpaired) electrons. The van der Waals surface area contributed by atoms with Crippen LogP contribution in [-0.4, -0.2) is 25.8 Å². The van der Waals surface area contributed by atoms with Crippen molar-refractivity contribution >= 4 is 21.4 Å². The van der Waals surface area contributed by atoms with E-state index in [0.717, 1.165) is 5.57 Å². The van der Waals surface area contributed by atoms with Gasteiger partial charge in [0.25, 0.3) is 0 Å². The van der Waals surface area contributed by atoms with E-state index in [0.29, 0.717) is 5.88 Å². The van der Waals surface area contributed by atoms with Crippen molar-refractivity contribution in [3.63, 3.8) is 0 Å². The van der Waals surface area contributed by atoms with E-state index < -0.39 is 9.84 Å². The van der Waals surface area contributed by atoms with Crippen molar-refractivity contribution < 1.29 is 8.42 Å². The largest absolute Gasteiger partial charge is 0.228 e. The molecule has 0 aromatic carbocycles. The van der Waals surface area contributed by atoms with Gasteiger partial charge >= 0.3 is 0 Å². The van der Waals surface area contributed by atoms with Crippen LogP contribution in [0.4, 0.5) is 0 Å². The van der Waals surface area contributed by atoms with Gasteiger partial charge in [-0.1, -0.05) is 6.08 Å². The fraction of sp³-hybridized carbons (Fsp3) is 0.600. The molecular formula is C5H7ClO2S. The van der Waals surface area contributed by atoms with E-state index in [9.17, 15) is 8.42 Å². The average Bonchev–Trinajstić information content (AvgIpc) is 2.10. The Labute approximate surface area is 59.4 Å². The SMILES string of the molecule is O=S1(=O)CC=C(CCl)C1. The summed E-state index contributed by atoms with van der Waals surface area (Å²) < 4.78 is 21.4. The van der Waals surface area contributed by atoms with E-state index in [-0.39, 0.29) is 11.5 Å². The number of hydrogen-bond acceptors (Lipinski definition) is 2. The van der Waals surface area contributed by atoms with E-state index in [1.54, 1.807) is 6.08 Å². The summed E-state index contributed by atoms with van der Waals surface area (Å²) in [5.41, 5.74) is 0.830. The third-order valence-corrected chi connectivity index (χ3v) is 3.03. The van der Waals surface area contributed by atoms with Gasteiger partial charge in [-0.3, -0.25) is 0 Å². The van der Waals surface area contributed by atoms with E-state index >= 15 is 0 Å². The highest BCUT2D eigenvalue weighted by molar-refractivity contribution is 7.92. The molecular weight excluding hydrogens is 160 g/mol. The van der Waals surface area contributed by atoms with Crippen LogP contribution >= 0.6 is 11.6 Å². The van der Waals surface area contributed by atoms with Crippen LogP contribution in [0, 0.1) is 0 Å². The summed E-state index contributed by atoms with van der Waals surface area (Å²) in [6, 6.07) is 0.